The second kappa shape index (κ2) is 7.86. The van der Waals surface area contributed by atoms with E-state index in [0.717, 1.165) is 24.6 Å². The van der Waals surface area contributed by atoms with Crippen LogP contribution >= 0.6 is 0 Å². The van der Waals surface area contributed by atoms with Crippen molar-refractivity contribution < 1.29 is 14.3 Å². The molecule has 0 spiro atoms. The van der Waals surface area contributed by atoms with Crippen molar-refractivity contribution in [3.05, 3.63) is 28.2 Å². The van der Waals surface area contributed by atoms with E-state index in [4.69, 9.17) is 9.47 Å². The molecule has 1 heterocycles. The van der Waals surface area contributed by atoms with Crippen molar-refractivity contribution in [1.82, 2.24) is 4.98 Å². The molecule has 0 atom stereocenters. The Bertz CT molecular complexity index is 796. The van der Waals surface area contributed by atoms with E-state index >= 15 is 0 Å². The van der Waals surface area contributed by atoms with E-state index in [2.05, 4.69) is 17.2 Å². The molecular weight excluding hydrogens is 308 g/mol. The lowest BCUT2D eigenvalue weighted by Gasteiger charge is -2.14. The van der Waals surface area contributed by atoms with E-state index in [1.54, 1.807) is 19.2 Å². The minimum Gasteiger partial charge on any atom is -0.493 e. The number of ether oxygens (including phenoxy) is 2. The number of methoxy groups -OCH3 is 2. The van der Waals surface area contributed by atoms with Gasteiger partial charge in [-0.15, -0.1) is 0 Å². The minimum atomic E-state index is -0.323. The third-order valence-electron chi connectivity index (χ3n) is 4.00. The summed E-state index contributed by atoms with van der Waals surface area (Å²) in [6, 6.07) is 3.52. The third-order valence-corrected chi connectivity index (χ3v) is 4.00. The van der Waals surface area contributed by atoms with Crippen LogP contribution in [0.3, 0.4) is 0 Å². The van der Waals surface area contributed by atoms with Crippen LogP contribution in [-0.2, 0) is 4.79 Å². The van der Waals surface area contributed by atoms with Gasteiger partial charge in [-0.3, -0.25) is 9.59 Å². The van der Waals surface area contributed by atoms with Gasteiger partial charge in [0.25, 0.3) is 5.56 Å². The zero-order valence-corrected chi connectivity index (χ0v) is 14.6. The van der Waals surface area contributed by atoms with E-state index in [-0.39, 0.29) is 17.2 Å². The van der Waals surface area contributed by atoms with Crippen molar-refractivity contribution >= 4 is 22.4 Å². The normalized spacial score (nSPS) is 10.7. The first-order chi connectivity index (χ1) is 11.5. The number of pyridine rings is 1. The average molecular weight is 332 g/mol. The number of benzene rings is 1. The lowest BCUT2D eigenvalue weighted by Crippen LogP contribution is -2.20. The zero-order chi connectivity index (χ0) is 17.7. The van der Waals surface area contributed by atoms with Crippen molar-refractivity contribution in [3.63, 3.8) is 0 Å². The predicted octanol–water partition coefficient (Wildman–Crippen LogP) is 3.37. The van der Waals surface area contributed by atoms with Gasteiger partial charge in [-0.05, 0) is 25.5 Å². The highest BCUT2D eigenvalue weighted by Gasteiger charge is 2.15. The number of hydrogen-bond acceptors (Lipinski definition) is 4. The Balaban J connectivity index is 2.48. The number of carbonyl (C=O) groups excluding carboxylic acids is 1. The van der Waals surface area contributed by atoms with Crippen LogP contribution in [0.1, 0.15) is 38.3 Å². The van der Waals surface area contributed by atoms with Gasteiger partial charge in [0.1, 0.15) is 5.69 Å². The van der Waals surface area contributed by atoms with Gasteiger partial charge in [0.15, 0.2) is 11.5 Å². The number of nitrogens with one attached hydrogen (secondary N) is 2. The largest absolute Gasteiger partial charge is 0.493 e. The SMILES string of the molecule is CCCCCC(=O)Nc1c(=O)[nH]c(C)c2cc(OC)c(OC)cc12. The van der Waals surface area contributed by atoms with E-state index < -0.39 is 0 Å². The molecule has 0 bridgehead atoms. The number of fused-ring (bicyclic) bond motifs is 1. The number of aryl methyl sites for hydroxylation is 1. The highest BCUT2D eigenvalue weighted by molar-refractivity contribution is 6.03. The summed E-state index contributed by atoms with van der Waals surface area (Å²) in [6.45, 7) is 3.89. The van der Waals surface area contributed by atoms with Gasteiger partial charge >= 0.3 is 0 Å². The number of H-pyrrole nitrogens is 1. The fraction of sp³-hybridized carbons (Fsp3) is 0.444. The molecule has 6 nitrogen and oxygen atoms in total. The summed E-state index contributed by atoms with van der Waals surface area (Å²) in [4.78, 5) is 27.2. The quantitative estimate of drug-likeness (QED) is 0.762. The molecule has 24 heavy (non-hydrogen) atoms. The van der Waals surface area contributed by atoms with Gasteiger partial charge in [-0.1, -0.05) is 19.8 Å². The molecule has 0 radical (unpaired) electrons. The first-order valence-corrected chi connectivity index (χ1v) is 8.10. The maximum atomic E-state index is 12.3. The van der Waals surface area contributed by atoms with E-state index in [1.807, 2.05) is 6.92 Å². The maximum Gasteiger partial charge on any atom is 0.272 e. The number of anilines is 1. The molecule has 0 saturated heterocycles. The van der Waals surface area contributed by atoms with Crippen molar-refractivity contribution in [3.8, 4) is 11.5 Å². The topological polar surface area (TPSA) is 80.4 Å². The molecule has 2 aromatic rings. The van der Waals surface area contributed by atoms with Crippen molar-refractivity contribution in [1.29, 1.82) is 0 Å². The fourth-order valence-corrected chi connectivity index (χ4v) is 2.68. The van der Waals surface area contributed by atoms with Crippen molar-refractivity contribution in [2.75, 3.05) is 19.5 Å². The first kappa shape index (κ1) is 17.8. The van der Waals surface area contributed by atoms with Gasteiger partial charge in [0.2, 0.25) is 5.91 Å². The predicted molar refractivity (Wildman–Crippen MR) is 95.2 cm³/mol. The third kappa shape index (κ3) is 3.69. The van der Waals surface area contributed by atoms with Crippen LogP contribution in [-0.4, -0.2) is 25.1 Å². The summed E-state index contributed by atoms with van der Waals surface area (Å²) in [5, 5.41) is 4.19. The van der Waals surface area contributed by atoms with Gasteiger partial charge in [-0.25, -0.2) is 0 Å². The van der Waals surface area contributed by atoms with Crippen LogP contribution < -0.4 is 20.3 Å². The van der Waals surface area contributed by atoms with Crippen LogP contribution in [0.15, 0.2) is 16.9 Å². The zero-order valence-electron chi connectivity index (χ0n) is 14.6. The molecule has 1 aromatic heterocycles. The van der Waals surface area contributed by atoms with Crippen molar-refractivity contribution in [2.24, 2.45) is 0 Å². The molecule has 2 N–H and O–H groups in total. The van der Waals surface area contributed by atoms with E-state index in [0.29, 0.717) is 29.0 Å². The summed E-state index contributed by atoms with van der Waals surface area (Å²) in [6.07, 6.45) is 3.23. The summed E-state index contributed by atoms with van der Waals surface area (Å²) >= 11 is 0. The van der Waals surface area contributed by atoms with Crippen LogP contribution in [0, 0.1) is 6.92 Å². The highest BCUT2D eigenvalue weighted by Crippen LogP contribution is 2.35. The number of hydrogen-bond donors (Lipinski definition) is 2. The molecule has 0 saturated carbocycles. The van der Waals surface area contributed by atoms with Crippen LogP contribution in [0.25, 0.3) is 10.8 Å². The summed E-state index contributed by atoms with van der Waals surface area (Å²) in [7, 11) is 3.09. The Morgan fingerprint density at radius 1 is 1.12 bits per heavy atom. The number of amides is 1. The average Bonchev–Trinajstić information content (AvgIpc) is 2.57. The minimum absolute atomic E-state index is 0.158. The molecule has 1 aromatic carbocycles. The molecule has 0 fully saturated rings. The second-order valence-electron chi connectivity index (χ2n) is 5.71. The molecule has 0 aliphatic rings. The van der Waals surface area contributed by atoms with Crippen LogP contribution in [0.2, 0.25) is 0 Å². The number of aromatic amines is 1. The van der Waals surface area contributed by atoms with Gasteiger partial charge in [0, 0.05) is 22.9 Å². The summed E-state index contributed by atoms with van der Waals surface area (Å²) < 4.78 is 10.6. The van der Waals surface area contributed by atoms with E-state index in [1.165, 1.54) is 7.11 Å². The van der Waals surface area contributed by atoms with E-state index in [9.17, 15) is 9.59 Å². The first-order valence-electron chi connectivity index (χ1n) is 8.10. The highest BCUT2D eigenvalue weighted by atomic mass is 16.5. The van der Waals surface area contributed by atoms with Crippen LogP contribution in [0.5, 0.6) is 11.5 Å². The molecule has 0 unspecified atom stereocenters. The Labute approximate surface area is 141 Å². The Morgan fingerprint density at radius 2 is 1.75 bits per heavy atom. The van der Waals surface area contributed by atoms with Crippen LogP contribution in [0.4, 0.5) is 5.69 Å². The number of aromatic nitrogens is 1. The number of carbonyl (C=O) groups is 1. The van der Waals surface area contributed by atoms with Gasteiger partial charge < -0.3 is 19.8 Å². The Kier molecular flexibility index (Phi) is 5.84. The maximum absolute atomic E-state index is 12.3. The molecule has 0 aliphatic carbocycles. The Hall–Kier alpha value is -2.50. The molecule has 2 rings (SSSR count). The molecule has 1 amide bonds. The molecule has 0 aliphatic heterocycles. The lowest BCUT2D eigenvalue weighted by atomic mass is 10.1. The lowest BCUT2D eigenvalue weighted by molar-refractivity contribution is -0.116. The monoisotopic (exact) mass is 332 g/mol. The Morgan fingerprint density at radius 3 is 2.33 bits per heavy atom. The van der Waals surface area contributed by atoms with Crippen molar-refractivity contribution in [2.45, 2.75) is 39.5 Å². The summed E-state index contributed by atoms with van der Waals surface area (Å²) in [5.41, 5.74) is 0.633. The van der Waals surface area contributed by atoms with Gasteiger partial charge in [-0.2, -0.15) is 0 Å². The summed E-state index contributed by atoms with van der Waals surface area (Å²) in [5.74, 6) is 0.922. The van der Waals surface area contributed by atoms with Gasteiger partial charge in [0.05, 0.1) is 14.2 Å². The molecule has 6 heteroatoms. The second-order valence-corrected chi connectivity index (χ2v) is 5.71. The number of unbranched alkanes of at least 4 members (excludes halogenated alkanes) is 2. The number of rotatable bonds is 7. The smallest absolute Gasteiger partial charge is 0.272 e. The standard InChI is InChI=1S/C18H24N2O4/c1-5-6-7-8-16(21)20-17-13-10-15(24-4)14(23-3)9-12(13)11(2)19-18(17)22/h9-10H,5-8H2,1-4H3,(H,19,22)(H,20,21). The fourth-order valence-electron chi connectivity index (χ4n) is 2.68. The molecular formula is C18H24N2O4. The molecule has 130 valence electrons.